The summed E-state index contributed by atoms with van der Waals surface area (Å²) in [7, 11) is 1.67. The second-order valence-electron chi connectivity index (χ2n) is 5.10. The van der Waals surface area contributed by atoms with Crippen molar-refractivity contribution in [3.8, 4) is 11.5 Å². The molecule has 1 aromatic carbocycles. The van der Waals surface area contributed by atoms with Gasteiger partial charge in [-0.15, -0.1) is 0 Å². The third-order valence-electron chi connectivity index (χ3n) is 3.88. The Hall–Kier alpha value is -1.22. The SMILES string of the molecule is CCCC1(CC)C[C@@H](N)c2cc(OC)ccc2O1. The standard InChI is InChI=1S/C15H23NO2/c1-4-8-15(5-2)10-13(16)12-9-11(17-3)6-7-14(12)18-15/h6-7,9,13H,4-5,8,10,16H2,1-3H3/t13-,15?/m1/s1. The Labute approximate surface area is 109 Å². The second kappa shape index (κ2) is 5.19. The number of hydrogen-bond donors (Lipinski definition) is 1. The van der Waals surface area contributed by atoms with E-state index in [0.717, 1.165) is 42.7 Å². The van der Waals surface area contributed by atoms with E-state index in [1.54, 1.807) is 7.11 Å². The van der Waals surface area contributed by atoms with Gasteiger partial charge in [-0.1, -0.05) is 20.3 Å². The topological polar surface area (TPSA) is 44.5 Å². The van der Waals surface area contributed by atoms with E-state index in [9.17, 15) is 0 Å². The Morgan fingerprint density at radius 1 is 1.44 bits per heavy atom. The zero-order valence-electron chi connectivity index (χ0n) is 11.5. The van der Waals surface area contributed by atoms with Crippen LogP contribution in [0.3, 0.4) is 0 Å². The van der Waals surface area contributed by atoms with Gasteiger partial charge in [0.2, 0.25) is 0 Å². The van der Waals surface area contributed by atoms with Gasteiger partial charge in [0.15, 0.2) is 0 Å². The maximum Gasteiger partial charge on any atom is 0.125 e. The average molecular weight is 249 g/mol. The average Bonchev–Trinajstić information content (AvgIpc) is 2.39. The number of fused-ring (bicyclic) bond motifs is 1. The van der Waals surface area contributed by atoms with Crippen molar-refractivity contribution in [1.29, 1.82) is 0 Å². The molecule has 2 atom stereocenters. The summed E-state index contributed by atoms with van der Waals surface area (Å²) in [5, 5.41) is 0. The molecule has 3 nitrogen and oxygen atoms in total. The fraction of sp³-hybridized carbons (Fsp3) is 0.600. The number of hydrogen-bond acceptors (Lipinski definition) is 3. The van der Waals surface area contributed by atoms with Crippen LogP contribution in [-0.2, 0) is 0 Å². The number of ether oxygens (including phenoxy) is 2. The highest BCUT2D eigenvalue weighted by Gasteiger charge is 2.37. The van der Waals surface area contributed by atoms with Crippen molar-refractivity contribution in [2.75, 3.05) is 7.11 Å². The summed E-state index contributed by atoms with van der Waals surface area (Å²) in [6, 6.07) is 5.94. The molecule has 0 bridgehead atoms. The Morgan fingerprint density at radius 2 is 2.22 bits per heavy atom. The molecule has 3 heteroatoms. The molecule has 2 rings (SSSR count). The van der Waals surface area contributed by atoms with Gasteiger partial charge in [-0.3, -0.25) is 0 Å². The van der Waals surface area contributed by atoms with Crippen molar-refractivity contribution in [2.24, 2.45) is 5.73 Å². The fourth-order valence-electron chi connectivity index (χ4n) is 2.82. The van der Waals surface area contributed by atoms with Crippen LogP contribution in [0.4, 0.5) is 0 Å². The van der Waals surface area contributed by atoms with Crippen molar-refractivity contribution in [2.45, 2.75) is 51.2 Å². The van der Waals surface area contributed by atoms with Crippen molar-refractivity contribution in [3.63, 3.8) is 0 Å². The predicted octanol–water partition coefficient (Wildman–Crippen LogP) is 3.43. The zero-order chi connectivity index (χ0) is 13.2. The van der Waals surface area contributed by atoms with E-state index >= 15 is 0 Å². The first-order chi connectivity index (χ1) is 8.64. The van der Waals surface area contributed by atoms with E-state index in [-0.39, 0.29) is 11.6 Å². The predicted molar refractivity (Wildman–Crippen MR) is 73.1 cm³/mol. The normalized spacial score (nSPS) is 26.3. The molecule has 0 aromatic heterocycles. The third kappa shape index (κ3) is 2.32. The first-order valence-corrected chi connectivity index (χ1v) is 6.76. The zero-order valence-corrected chi connectivity index (χ0v) is 11.5. The molecule has 0 amide bonds. The van der Waals surface area contributed by atoms with Gasteiger partial charge in [-0.25, -0.2) is 0 Å². The maximum absolute atomic E-state index is 6.32. The minimum Gasteiger partial charge on any atom is -0.497 e. The molecular weight excluding hydrogens is 226 g/mol. The quantitative estimate of drug-likeness (QED) is 0.889. The lowest BCUT2D eigenvalue weighted by Crippen LogP contribution is -2.42. The molecule has 2 N–H and O–H groups in total. The van der Waals surface area contributed by atoms with E-state index in [1.165, 1.54) is 0 Å². The number of nitrogens with two attached hydrogens (primary N) is 1. The van der Waals surface area contributed by atoms with Crippen LogP contribution in [-0.4, -0.2) is 12.7 Å². The molecule has 0 aliphatic carbocycles. The molecule has 100 valence electrons. The molecular formula is C15H23NO2. The summed E-state index contributed by atoms with van der Waals surface area (Å²) >= 11 is 0. The van der Waals surface area contributed by atoms with Crippen LogP contribution in [0.5, 0.6) is 11.5 Å². The molecule has 0 spiro atoms. The van der Waals surface area contributed by atoms with Gasteiger partial charge < -0.3 is 15.2 Å². The maximum atomic E-state index is 6.32. The molecule has 0 saturated carbocycles. The van der Waals surface area contributed by atoms with Gasteiger partial charge in [0.1, 0.15) is 17.1 Å². The highest BCUT2D eigenvalue weighted by atomic mass is 16.5. The summed E-state index contributed by atoms with van der Waals surface area (Å²) in [6.45, 7) is 4.37. The van der Waals surface area contributed by atoms with Gasteiger partial charge in [0, 0.05) is 18.0 Å². The number of methoxy groups -OCH3 is 1. The summed E-state index contributed by atoms with van der Waals surface area (Å²) in [6.07, 6.45) is 4.06. The first kappa shape index (κ1) is 13.2. The smallest absolute Gasteiger partial charge is 0.125 e. The lowest BCUT2D eigenvalue weighted by atomic mass is 9.82. The van der Waals surface area contributed by atoms with E-state index < -0.39 is 0 Å². The van der Waals surface area contributed by atoms with Gasteiger partial charge in [-0.05, 0) is 31.0 Å². The minimum absolute atomic E-state index is 0.0374. The summed E-state index contributed by atoms with van der Waals surface area (Å²) in [4.78, 5) is 0. The molecule has 18 heavy (non-hydrogen) atoms. The summed E-state index contributed by atoms with van der Waals surface area (Å²) < 4.78 is 11.5. The molecule has 0 saturated heterocycles. The summed E-state index contributed by atoms with van der Waals surface area (Å²) in [5.41, 5.74) is 7.29. The number of benzene rings is 1. The molecule has 1 aliphatic heterocycles. The van der Waals surface area contributed by atoms with Gasteiger partial charge in [0.05, 0.1) is 7.11 Å². The molecule has 1 aliphatic rings. The van der Waals surface area contributed by atoms with E-state index in [4.69, 9.17) is 15.2 Å². The Morgan fingerprint density at radius 3 is 2.83 bits per heavy atom. The van der Waals surface area contributed by atoms with Crippen molar-refractivity contribution < 1.29 is 9.47 Å². The monoisotopic (exact) mass is 249 g/mol. The van der Waals surface area contributed by atoms with E-state index in [2.05, 4.69) is 13.8 Å². The lowest BCUT2D eigenvalue weighted by molar-refractivity contribution is 0.0229. The van der Waals surface area contributed by atoms with Crippen molar-refractivity contribution in [1.82, 2.24) is 0 Å². The second-order valence-corrected chi connectivity index (χ2v) is 5.10. The lowest BCUT2D eigenvalue weighted by Gasteiger charge is -2.41. The van der Waals surface area contributed by atoms with Crippen LogP contribution in [0, 0.1) is 0 Å². The molecule has 0 fully saturated rings. The van der Waals surface area contributed by atoms with Crippen molar-refractivity contribution >= 4 is 0 Å². The molecule has 1 aromatic rings. The number of rotatable bonds is 4. The Bertz CT molecular complexity index is 419. The Kier molecular flexibility index (Phi) is 3.81. The first-order valence-electron chi connectivity index (χ1n) is 6.76. The van der Waals surface area contributed by atoms with Crippen LogP contribution < -0.4 is 15.2 Å². The fourth-order valence-corrected chi connectivity index (χ4v) is 2.82. The van der Waals surface area contributed by atoms with Gasteiger partial charge in [0.25, 0.3) is 0 Å². The Balaban J connectivity index is 2.33. The van der Waals surface area contributed by atoms with Crippen LogP contribution in [0.25, 0.3) is 0 Å². The van der Waals surface area contributed by atoms with Crippen LogP contribution in [0.15, 0.2) is 18.2 Å². The highest BCUT2D eigenvalue weighted by molar-refractivity contribution is 5.44. The van der Waals surface area contributed by atoms with Gasteiger partial charge in [-0.2, -0.15) is 0 Å². The van der Waals surface area contributed by atoms with Crippen LogP contribution >= 0.6 is 0 Å². The van der Waals surface area contributed by atoms with Gasteiger partial charge >= 0.3 is 0 Å². The largest absolute Gasteiger partial charge is 0.497 e. The molecule has 1 unspecified atom stereocenters. The van der Waals surface area contributed by atoms with Crippen LogP contribution in [0.1, 0.15) is 51.1 Å². The molecule has 1 heterocycles. The van der Waals surface area contributed by atoms with Crippen LogP contribution in [0.2, 0.25) is 0 Å². The summed E-state index contributed by atoms with van der Waals surface area (Å²) in [5.74, 6) is 1.76. The highest BCUT2D eigenvalue weighted by Crippen LogP contribution is 2.43. The van der Waals surface area contributed by atoms with E-state index in [1.807, 2.05) is 18.2 Å². The third-order valence-corrected chi connectivity index (χ3v) is 3.88. The van der Waals surface area contributed by atoms with Crippen molar-refractivity contribution in [3.05, 3.63) is 23.8 Å². The van der Waals surface area contributed by atoms with E-state index in [0.29, 0.717) is 0 Å². The minimum atomic E-state index is -0.0875. The molecule has 0 radical (unpaired) electrons.